The van der Waals surface area contributed by atoms with E-state index in [-0.39, 0.29) is 18.5 Å². The highest BCUT2D eigenvalue weighted by atomic mass is 16.6. The Bertz CT molecular complexity index is 937. The van der Waals surface area contributed by atoms with Gasteiger partial charge in [0, 0.05) is 30.7 Å². The Kier molecular flexibility index (Phi) is 4.05. The largest absolute Gasteiger partial charge is 0.439 e. The number of aromatic nitrogens is 1. The summed E-state index contributed by atoms with van der Waals surface area (Å²) in [6, 6.07) is 7.37. The maximum Gasteiger partial charge on any atom is 0.410 e. The summed E-state index contributed by atoms with van der Waals surface area (Å²) in [5.41, 5.74) is 6.05. The number of likely N-dealkylation sites (tertiary alicyclic amines) is 1. The molecule has 2 aliphatic heterocycles. The summed E-state index contributed by atoms with van der Waals surface area (Å²) in [5.74, 6) is -0.591. The predicted molar refractivity (Wildman–Crippen MR) is 98.1 cm³/mol. The van der Waals surface area contributed by atoms with E-state index in [0.717, 1.165) is 23.7 Å². The Morgan fingerprint density at radius 1 is 1.26 bits per heavy atom. The smallest absolute Gasteiger partial charge is 0.410 e. The highest BCUT2D eigenvalue weighted by molar-refractivity contribution is 6.06. The fourth-order valence-electron chi connectivity index (χ4n) is 4.14. The lowest BCUT2D eigenvalue weighted by molar-refractivity contribution is -0.137. The number of rotatable bonds is 3. The van der Waals surface area contributed by atoms with Crippen LogP contribution >= 0.6 is 0 Å². The average Bonchev–Trinajstić information content (AvgIpc) is 3.13. The van der Waals surface area contributed by atoms with Gasteiger partial charge in [0.15, 0.2) is 0 Å². The van der Waals surface area contributed by atoms with Gasteiger partial charge >= 0.3 is 6.09 Å². The van der Waals surface area contributed by atoms with E-state index in [1.807, 2.05) is 24.3 Å². The lowest BCUT2D eigenvalue weighted by Gasteiger charge is -2.38. The van der Waals surface area contributed by atoms with Crippen molar-refractivity contribution in [2.24, 2.45) is 5.73 Å². The Balaban J connectivity index is 1.55. The first kappa shape index (κ1) is 17.4. The molecule has 27 heavy (non-hydrogen) atoms. The molecule has 2 aliphatic rings. The van der Waals surface area contributed by atoms with E-state index in [4.69, 9.17) is 10.5 Å². The van der Waals surface area contributed by atoms with E-state index >= 15 is 0 Å². The zero-order valence-electron chi connectivity index (χ0n) is 15.2. The van der Waals surface area contributed by atoms with Gasteiger partial charge in [-0.1, -0.05) is 18.2 Å². The van der Waals surface area contributed by atoms with E-state index in [0.29, 0.717) is 25.2 Å². The zero-order chi connectivity index (χ0) is 19.2. The van der Waals surface area contributed by atoms with E-state index in [1.165, 1.54) is 0 Å². The first-order valence-corrected chi connectivity index (χ1v) is 8.98. The fourth-order valence-corrected chi connectivity index (χ4v) is 4.14. The molecule has 0 bridgehead atoms. The number of nitrogens with two attached hydrogens (primary N) is 1. The number of amides is 3. The first-order chi connectivity index (χ1) is 12.9. The molecule has 142 valence electrons. The molecule has 1 aromatic heterocycles. The molecular formula is C19H22N4O4. The maximum absolute atomic E-state index is 12.9. The van der Waals surface area contributed by atoms with Crippen LogP contribution in [0, 0.1) is 0 Å². The number of benzene rings is 1. The average molecular weight is 370 g/mol. The van der Waals surface area contributed by atoms with Gasteiger partial charge in [0.25, 0.3) is 5.91 Å². The minimum atomic E-state index is -0.614. The van der Waals surface area contributed by atoms with Crippen molar-refractivity contribution in [3.05, 3.63) is 36.0 Å². The number of carbonyl (C=O) groups excluding carboxylic acids is 3. The van der Waals surface area contributed by atoms with Crippen molar-refractivity contribution in [3.8, 4) is 0 Å². The van der Waals surface area contributed by atoms with Crippen LogP contribution in [-0.4, -0.2) is 64.6 Å². The minimum Gasteiger partial charge on any atom is -0.439 e. The van der Waals surface area contributed by atoms with Crippen molar-refractivity contribution in [3.63, 3.8) is 0 Å². The van der Waals surface area contributed by atoms with Gasteiger partial charge in [0.2, 0.25) is 5.91 Å². The van der Waals surface area contributed by atoms with Crippen molar-refractivity contribution in [2.75, 3.05) is 26.7 Å². The summed E-state index contributed by atoms with van der Waals surface area (Å²) in [6.45, 7) is 1.62. The third-order valence-electron chi connectivity index (χ3n) is 5.39. The number of primary amides is 1. The van der Waals surface area contributed by atoms with Crippen LogP contribution in [0.25, 0.3) is 10.9 Å². The molecule has 2 N–H and O–H groups in total. The van der Waals surface area contributed by atoms with Crippen LogP contribution < -0.4 is 5.73 Å². The molecule has 0 unspecified atom stereocenters. The number of piperidine rings is 1. The molecule has 1 spiro atoms. The molecule has 8 heteroatoms. The van der Waals surface area contributed by atoms with Crippen LogP contribution in [-0.2, 0) is 16.1 Å². The van der Waals surface area contributed by atoms with Crippen LogP contribution in [0.2, 0.25) is 0 Å². The Morgan fingerprint density at radius 2 is 2.04 bits per heavy atom. The van der Waals surface area contributed by atoms with Crippen molar-refractivity contribution in [1.82, 2.24) is 14.4 Å². The summed E-state index contributed by atoms with van der Waals surface area (Å²) in [6.07, 6.45) is 2.83. The number of carbonyl (C=O) groups is 3. The normalized spacial score (nSPS) is 22.5. The van der Waals surface area contributed by atoms with Crippen molar-refractivity contribution in [1.29, 1.82) is 0 Å². The fraction of sp³-hybridized carbons (Fsp3) is 0.421. The number of para-hydroxylation sites is 1. The molecule has 3 heterocycles. The molecule has 0 saturated carbocycles. The monoisotopic (exact) mass is 370 g/mol. The van der Waals surface area contributed by atoms with Gasteiger partial charge in [-0.2, -0.15) is 0 Å². The van der Waals surface area contributed by atoms with Gasteiger partial charge in [-0.05, 0) is 18.9 Å². The number of nitrogens with zero attached hydrogens (tertiary/aromatic N) is 3. The highest BCUT2D eigenvalue weighted by Crippen LogP contribution is 2.31. The summed E-state index contributed by atoms with van der Waals surface area (Å²) < 4.78 is 7.32. The molecule has 1 aromatic carbocycles. The van der Waals surface area contributed by atoms with Gasteiger partial charge in [-0.3, -0.25) is 9.59 Å². The molecule has 3 amide bonds. The minimum absolute atomic E-state index is 0.0727. The van der Waals surface area contributed by atoms with Crippen LogP contribution in [0.5, 0.6) is 0 Å². The second kappa shape index (κ2) is 6.29. The van der Waals surface area contributed by atoms with Gasteiger partial charge in [-0.25, -0.2) is 4.79 Å². The number of ether oxygens (including phenoxy) is 1. The molecule has 8 nitrogen and oxygen atoms in total. The quantitative estimate of drug-likeness (QED) is 0.877. The molecule has 2 fully saturated rings. The van der Waals surface area contributed by atoms with Gasteiger partial charge in [-0.15, -0.1) is 0 Å². The molecule has 0 aliphatic carbocycles. The van der Waals surface area contributed by atoms with Crippen LogP contribution in [0.1, 0.15) is 23.2 Å². The van der Waals surface area contributed by atoms with Crippen LogP contribution in [0.3, 0.4) is 0 Å². The van der Waals surface area contributed by atoms with Gasteiger partial charge in [0.1, 0.15) is 12.1 Å². The van der Waals surface area contributed by atoms with Gasteiger partial charge < -0.3 is 24.8 Å². The standard InChI is InChI=1S/C19H22N4O4/c1-21-11-19(27-18(21)26)7-4-8-22(12-19)16(24)10-23-9-14(17(20)25)13-5-2-3-6-15(13)23/h2-3,5-6,9H,4,7-8,10-12H2,1H3,(H2,20,25)/t19-/m0/s1. The Hall–Kier alpha value is -3.03. The van der Waals surface area contributed by atoms with Crippen LogP contribution in [0.15, 0.2) is 30.5 Å². The van der Waals surface area contributed by atoms with Crippen molar-refractivity contribution >= 4 is 28.8 Å². The topological polar surface area (TPSA) is 97.9 Å². The third-order valence-corrected chi connectivity index (χ3v) is 5.39. The second-order valence-electron chi connectivity index (χ2n) is 7.38. The SMILES string of the molecule is CN1C[C@]2(CCCN(C(=O)Cn3cc(C(N)=O)c4ccccc43)C2)OC1=O. The molecule has 2 saturated heterocycles. The van der Waals surface area contributed by atoms with E-state index in [9.17, 15) is 14.4 Å². The lowest BCUT2D eigenvalue weighted by Crippen LogP contribution is -2.53. The zero-order valence-corrected chi connectivity index (χ0v) is 15.2. The maximum atomic E-state index is 12.9. The van der Waals surface area contributed by atoms with Crippen molar-refractivity contribution < 1.29 is 19.1 Å². The number of hydrogen-bond acceptors (Lipinski definition) is 4. The van der Waals surface area contributed by atoms with Crippen LogP contribution in [0.4, 0.5) is 4.79 Å². The number of likely N-dealkylation sites (N-methyl/N-ethyl adjacent to an activating group) is 1. The summed E-state index contributed by atoms with van der Waals surface area (Å²) >= 11 is 0. The highest BCUT2D eigenvalue weighted by Gasteiger charge is 2.47. The third kappa shape index (κ3) is 3.01. The Morgan fingerprint density at radius 3 is 2.74 bits per heavy atom. The summed E-state index contributed by atoms with van der Waals surface area (Å²) in [4.78, 5) is 39.7. The lowest BCUT2D eigenvalue weighted by atomic mass is 9.92. The predicted octanol–water partition coefficient (Wildman–Crippen LogP) is 1.18. The summed E-state index contributed by atoms with van der Waals surface area (Å²) in [7, 11) is 1.70. The number of fused-ring (bicyclic) bond motifs is 1. The Labute approximate surface area is 156 Å². The van der Waals surface area contributed by atoms with Crippen molar-refractivity contribution in [2.45, 2.75) is 25.0 Å². The van der Waals surface area contributed by atoms with E-state index < -0.39 is 11.5 Å². The molecule has 1 atom stereocenters. The second-order valence-corrected chi connectivity index (χ2v) is 7.38. The molecule has 4 rings (SSSR count). The number of hydrogen-bond donors (Lipinski definition) is 1. The first-order valence-electron chi connectivity index (χ1n) is 8.98. The van der Waals surface area contributed by atoms with Gasteiger partial charge in [0.05, 0.1) is 18.7 Å². The van der Waals surface area contributed by atoms with E-state index in [1.54, 1.807) is 27.6 Å². The summed E-state index contributed by atoms with van der Waals surface area (Å²) in [5, 5.41) is 0.735. The molecule has 2 aromatic rings. The molecular weight excluding hydrogens is 348 g/mol. The van der Waals surface area contributed by atoms with E-state index in [2.05, 4.69) is 0 Å². The molecule has 0 radical (unpaired) electrons.